The summed E-state index contributed by atoms with van der Waals surface area (Å²) in [5.41, 5.74) is 11.8. The van der Waals surface area contributed by atoms with Crippen molar-refractivity contribution >= 4 is 11.8 Å². The van der Waals surface area contributed by atoms with Crippen molar-refractivity contribution in [2.24, 2.45) is 5.73 Å². The Bertz CT molecular complexity index is 561. The van der Waals surface area contributed by atoms with Gasteiger partial charge in [0.1, 0.15) is 0 Å². The molecule has 2 unspecified atom stereocenters. The third-order valence-electron chi connectivity index (χ3n) is 3.70. The fourth-order valence-electron chi connectivity index (χ4n) is 2.83. The van der Waals surface area contributed by atoms with Crippen LogP contribution in [0.2, 0.25) is 0 Å². The highest BCUT2D eigenvalue weighted by Crippen LogP contribution is 2.41. The summed E-state index contributed by atoms with van der Waals surface area (Å²) >= 11 is 1.93. The molecule has 0 aliphatic carbocycles. The average Bonchev–Trinajstić information content (AvgIpc) is 2.80. The van der Waals surface area contributed by atoms with Crippen LogP contribution < -0.4 is 5.73 Å². The monoisotopic (exact) mass is 269 g/mol. The zero-order valence-corrected chi connectivity index (χ0v) is 12.2. The topological polar surface area (TPSA) is 26.0 Å². The van der Waals surface area contributed by atoms with Gasteiger partial charge in [0.15, 0.2) is 0 Å². The third-order valence-corrected chi connectivity index (χ3v) is 5.12. The van der Waals surface area contributed by atoms with Crippen LogP contribution in [0.15, 0.2) is 47.4 Å². The molecule has 0 bridgehead atoms. The van der Waals surface area contributed by atoms with E-state index in [0.29, 0.717) is 5.25 Å². The Morgan fingerprint density at radius 3 is 2.47 bits per heavy atom. The molecule has 0 amide bonds. The SMILES string of the molecule is Cc1cc(C)cc(C(N)C2Cc3ccccc3S2)c1. The van der Waals surface area contributed by atoms with Crippen molar-refractivity contribution in [1.29, 1.82) is 0 Å². The van der Waals surface area contributed by atoms with Gasteiger partial charge < -0.3 is 5.73 Å². The van der Waals surface area contributed by atoms with E-state index < -0.39 is 0 Å². The number of nitrogens with two attached hydrogens (primary N) is 1. The quantitative estimate of drug-likeness (QED) is 0.891. The Hall–Kier alpha value is -1.25. The molecule has 0 fully saturated rings. The van der Waals surface area contributed by atoms with E-state index in [0.717, 1.165) is 6.42 Å². The van der Waals surface area contributed by atoms with Gasteiger partial charge in [-0.15, -0.1) is 11.8 Å². The minimum absolute atomic E-state index is 0.107. The molecule has 2 atom stereocenters. The highest BCUT2D eigenvalue weighted by molar-refractivity contribution is 8.00. The normalized spacial score (nSPS) is 19.2. The molecule has 2 heteroatoms. The molecule has 3 rings (SSSR count). The number of benzene rings is 2. The summed E-state index contributed by atoms with van der Waals surface area (Å²) < 4.78 is 0. The Kier molecular flexibility index (Phi) is 3.38. The van der Waals surface area contributed by atoms with Crippen LogP contribution >= 0.6 is 11.8 Å². The first-order chi connectivity index (χ1) is 9.13. The number of hydrogen-bond acceptors (Lipinski definition) is 2. The largest absolute Gasteiger partial charge is 0.323 e. The molecular formula is C17H19NS. The molecule has 0 radical (unpaired) electrons. The van der Waals surface area contributed by atoms with Gasteiger partial charge in [0.05, 0.1) is 0 Å². The van der Waals surface area contributed by atoms with E-state index in [1.54, 1.807) is 0 Å². The number of thioether (sulfide) groups is 1. The van der Waals surface area contributed by atoms with Crippen LogP contribution in [0.4, 0.5) is 0 Å². The van der Waals surface area contributed by atoms with Gasteiger partial charge in [0, 0.05) is 16.2 Å². The van der Waals surface area contributed by atoms with Crippen LogP contribution in [-0.4, -0.2) is 5.25 Å². The fraction of sp³-hybridized carbons (Fsp3) is 0.294. The maximum atomic E-state index is 6.50. The van der Waals surface area contributed by atoms with E-state index in [1.165, 1.54) is 27.1 Å². The van der Waals surface area contributed by atoms with Crippen LogP contribution in [0.1, 0.15) is 28.3 Å². The van der Waals surface area contributed by atoms with Crippen LogP contribution in [0, 0.1) is 13.8 Å². The van der Waals surface area contributed by atoms with Crippen LogP contribution in [0.5, 0.6) is 0 Å². The van der Waals surface area contributed by atoms with Crippen LogP contribution in [0.3, 0.4) is 0 Å². The van der Waals surface area contributed by atoms with Crippen molar-refractivity contribution in [1.82, 2.24) is 0 Å². The first-order valence-electron chi connectivity index (χ1n) is 6.72. The van der Waals surface area contributed by atoms with Crippen LogP contribution in [-0.2, 0) is 6.42 Å². The van der Waals surface area contributed by atoms with Gasteiger partial charge in [-0.2, -0.15) is 0 Å². The third kappa shape index (κ3) is 2.56. The first kappa shape index (κ1) is 12.8. The van der Waals surface area contributed by atoms with Crippen molar-refractivity contribution in [2.45, 2.75) is 36.5 Å². The van der Waals surface area contributed by atoms with Gasteiger partial charge in [-0.3, -0.25) is 0 Å². The molecule has 98 valence electrons. The fourth-order valence-corrected chi connectivity index (χ4v) is 4.18. The van der Waals surface area contributed by atoms with E-state index in [9.17, 15) is 0 Å². The van der Waals surface area contributed by atoms with Crippen molar-refractivity contribution < 1.29 is 0 Å². The summed E-state index contributed by atoms with van der Waals surface area (Å²) in [6, 6.07) is 15.4. The van der Waals surface area contributed by atoms with Crippen molar-refractivity contribution in [3.05, 3.63) is 64.7 Å². The smallest absolute Gasteiger partial charge is 0.0422 e. The van der Waals surface area contributed by atoms with E-state index in [-0.39, 0.29) is 6.04 Å². The Morgan fingerprint density at radius 2 is 1.79 bits per heavy atom. The summed E-state index contributed by atoms with van der Waals surface area (Å²) in [5, 5.41) is 0.457. The highest BCUT2D eigenvalue weighted by Gasteiger charge is 2.28. The van der Waals surface area contributed by atoms with E-state index >= 15 is 0 Å². The zero-order chi connectivity index (χ0) is 13.4. The van der Waals surface area contributed by atoms with E-state index in [4.69, 9.17) is 5.73 Å². The van der Waals surface area contributed by atoms with Crippen molar-refractivity contribution in [3.63, 3.8) is 0 Å². The highest BCUT2D eigenvalue weighted by atomic mass is 32.2. The zero-order valence-electron chi connectivity index (χ0n) is 11.4. The number of fused-ring (bicyclic) bond motifs is 1. The molecule has 1 heterocycles. The van der Waals surface area contributed by atoms with Crippen molar-refractivity contribution in [3.8, 4) is 0 Å². The Morgan fingerprint density at radius 1 is 1.11 bits per heavy atom. The Balaban J connectivity index is 1.84. The lowest BCUT2D eigenvalue weighted by Crippen LogP contribution is -2.23. The summed E-state index contributed by atoms with van der Waals surface area (Å²) in [5.74, 6) is 0. The molecule has 0 saturated carbocycles. The minimum atomic E-state index is 0.107. The predicted octanol–water partition coefficient (Wildman–Crippen LogP) is 4.02. The molecule has 0 saturated heterocycles. The van der Waals surface area contributed by atoms with Crippen molar-refractivity contribution in [2.75, 3.05) is 0 Å². The number of aryl methyl sites for hydroxylation is 2. The second-order valence-corrected chi connectivity index (χ2v) is 6.70. The second kappa shape index (κ2) is 5.03. The minimum Gasteiger partial charge on any atom is -0.323 e. The number of rotatable bonds is 2. The maximum absolute atomic E-state index is 6.50. The second-order valence-electron chi connectivity index (χ2n) is 5.41. The summed E-state index contributed by atoms with van der Waals surface area (Å²) in [6.07, 6.45) is 1.08. The molecule has 1 aliphatic rings. The molecule has 1 aliphatic heterocycles. The number of hydrogen-bond donors (Lipinski definition) is 1. The van der Waals surface area contributed by atoms with Crippen LogP contribution in [0.25, 0.3) is 0 Å². The van der Waals surface area contributed by atoms with Gasteiger partial charge >= 0.3 is 0 Å². The lowest BCUT2D eigenvalue weighted by molar-refractivity contribution is 0.677. The molecule has 0 aromatic heterocycles. The predicted molar refractivity (Wildman–Crippen MR) is 82.6 cm³/mol. The van der Waals surface area contributed by atoms with Gasteiger partial charge in [-0.1, -0.05) is 47.5 Å². The summed E-state index contributed by atoms with van der Waals surface area (Å²) in [4.78, 5) is 1.40. The maximum Gasteiger partial charge on any atom is 0.0422 e. The Labute approximate surface area is 119 Å². The van der Waals surface area contributed by atoms with Gasteiger partial charge in [0.2, 0.25) is 0 Å². The molecule has 2 N–H and O–H groups in total. The molecule has 19 heavy (non-hydrogen) atoms. The lowest BCUT2D eigenvalue weighted by atomic mass is 9.96. The molecule has 2 aromatic rings. The van der Waals surface area contributed by atoms with E-state index in [2.05, 4.69) is 56.3 Å². The van der Waals surface area contributed by atoms with Gasteiger partial charge in [0.25, 0.3) is 0 Å². The van der Waals surface area contributed by atoms with Gasteiger partial charge in [-0.05, 0) is 37.5 Å². The van der Waals surface area contributed by atoms with E-state index in [1.807, 2.05) is 11.8 Å². The standard InChI is InChI=1S/C17H19NS/c1-11-7-12(2)9-14(8-11)17(18)16-10-13-5-3-4-6-15(13)19-16/h3-9,16-17H,10,18H2,1-2H3. The first-order valence-corrected chi connectivity index (χ1v) is 7.60. The molecule has 1 nitrogen and oxygen atoms in total. The molecule has 0 spiro atoms. The lowest BCUT2D eigenvalue weighted by Gasteiger charge is -2.19. The molecular weight excluding hydrogens is 250 g/mol. The summed E-state index contributed by atoms with van der Waals surface area (Å²) in [7, 11) is 0. The summed E-state index contributed by atoms with van der Waals surface area (Å²) in [6.45, 7) is 4.28. The van der Waals surface area contributed by atoms with Gasteiger partial charge in [-0.25, -0.2) is 0 Å². The average molecular weight is 269 g/mol. The molecule has 2 aromatic carbocycles.